The summed E-state index contributed by atoms with van der Waals surface area (Å²) in [5, 5.41) is 0. The summed E-state index contributed by atoms with van der Waals surface area (Å²) in [5.41, 5.74) is 3.01. The molecule has 3 aliphatic rings. The second kappa shape index (κ2) is 3.35. The molecule has 0 aromatic heterocycles. The van der Waals surface area contributed by atoms with Crippen LogP contribution in [0.4, 0.5) is 0 Å². The van der Waals surface area contributed by atoms with Gasteiger partial charge in [0.2, 0.25) is 0 Å². The Labute approximate surface area is 99.9 Å². The van der Waals surface area contributed by atoms with E-state index in [1.165, 1.54) is 45.2 Å². The van der Waals surface area contributed by atoms with Gasteiger partial charge in [-0.1, -0.05) is 25.5 Å². The molecule has 90 valence electrons. The number of fused-ring (bicyclic) bond motifs is 2. The first-order chi connectivity index (χ1) is 7.62. The second-order valence-electron chi connectivity index (χ2n) is 6.71. The third kappa shape index (κ3) is 1.27. The molecule has 1 atom stereocenters. The zero-order valence-electron chi connectivity index (χ0n) is 11.1. The van der Waals surface area contributed by atoms with Crippen LogP contribution in [-0.2, 0) is 0 Å². The lowest BCUT2D eigenvalue weighted by Crippen LogP contribution is -2.45. The Hall–Kier alpha value is -0.300. The maximum atomic E-state index is 2.83. The molecule has 2 aliphatic heterocycles. The van der Waals surface area contributed by atoms with Crippen LogP contribution in [-0.4, -0.2) is 23.5 Å². The van der Waals surface area contributed by atoms with Crippen molar-refractivity contribution in [2.24, 2.45) is 11.3 Å². The van der Waals surface area contributed by atoms with Crippen LogP contribution in [0.2, 0.25) is 0 Å². The highest BCUT2D eigenvalue weighted by Crippen LogP contribution is 2.68. The third-order valence-corrected chi connectivity index (χ3v) is 5.37. The van der Waals surface area contributed by atoms with E-state index in [1.54, 1.807) is 5.57 Å². The Morgan fingerprint density at radius 1 is 1.31 bits per heavy atom. The maximum absolute atomic E-state index is 2.83. The summed E-state index contributed by atoms with van der Waals surface area (Å²) < 4.78 is 0. The molecule has 1 nitrogen and oxygen atoms in total. The van der Waals surface area contributed by atoms with Crippen LogP contribution in [0.15, 0.2) is 11.6 Å². The van der Waals surface area contributed by atoms with Crippen LogP contribution in [0.25, 0.3) is 0 Å². The van der Waals surface area contributed by atoms with Crippen LogP contribution in [0, 0.1) is 11.3 Å². The van der Waals surface area contributed by atoms with Crippen molar-refractivity contribution < 1.29 is 0 Å². The first-order valence-electron chi connectivity index (χ1n) is 7.01. The number of rotatable bonds is 2. The van der Waals surface area contributed by atoms with Gasteiger partial charge in [-0.3, -0.25) is 4.90 Å². The Kier molecular flexibility index (Phi) is 2.27. The lowest BCUT2D eigenvalue weighted by Gasteiger charge is -2.39. The summed E-state index contributed by atoms with van der Waals surface area (Å²) in [5.74, 6) is 0.842. The number of hydrogen-bond donors (Lipinski definition) is 0. The van der Waals surface area contributed by atoms with Gasteiger partial charge in [-0.2, -0.15) is 0 Å². The molecular formula is C15H25N. The van der Waals surface area contributed by atoms with E-state index >= 15 is 0 Å². The summed E-state index contributed by atoms with van der Waals surface area (Å²) in [6.07, 6.45) is 9.67. The van der Waals surface area contributed by atoms with Crippen LogP contribution in [0.3, 0.4) is 0 Å². The highest BCUT2D eigenvalue weighted by Gasteiger charge is 2.66. The molecule has 1 heteroatoms. The molecule has 1 saturated carbocycles. The Balaban J connectivity index is 1.94. The predicted octanol–water partition coefficient (Wildman–Crippen LogP) is 3.61. The molecule has 3 rings (SSSR count). The molecule has 0 radical (unpaired) electrons. The normalized spacial score (nSPS) is 38.9. The maximum Gasteiger partial charge on any atom is 0.0309 e. The largest absolute Gasteiger partial charge is 0.293 e. The highest BCUT2D eigenvalue weighted by atomic mass is 15.3. The van der Waals surface area contributed by atoms with Crippen molar-refractivity contribution >= 4 is 0 Å². The zero-order chi connectivity index (χ0) is 11.4. The van der Waals surface area contributed by atoms with Crippen molar-refractivity contribution in [2.45, 2.75) is 58.4 Å². The number of nitrogens with zero attached hydrogens (tertiary/aromatic N) is 1. The van der Waals surface area contributed by atoms with Gasteiger partial charge in [0.1, 0.15) is 0 Å². The summed E-state index contributed by atoms with van der Waals surface area (Å²) in [7, 11) is 0. The van der Waals surface area contributed by atoms with E-state index in [4.69, 9.17) is 0 Å². The Bertz CT molecular complexity index is 324. The fraction of sp³-hybridized carbons (Fsp3) is 0.867. The minimum absolute atomic E-state index is 0.572. The first-order valence-corrected chi connectivity index (χ1v) is 7.01. The molecular weight excluding hydrogens is 194 g/mol. The average molecular weight is 219 g/mol. The van der Waals surface area contributed by atoms with Crippen LogP contribution in [0.1, 0.15) is 52.9 Å². The van der Waals surface area contributed by atoms with Gasteiger partial charge < -0.3 is 0 Å². The molecule has 2 heterocycles. The molecule has 0 amide bonds. The fourth-order valence-electron chi connectivity index (χ4n) is 4.49. The fourth-order valence-corrected chi connectivity index (χ4v) is 4.49. The van der Waals surface area contributed by atoms with E-state index in [1.807, 2.05) is 0 Å². The van der Waals surface area contributed by atoms with Gasteiger partial charge in [0.25, 0.3) is 0 Å². The average Bonchev–Trinajstić information content (AvgIpc) is 2.87. The van der Waals surface area contributed by atoms with Gasteiger partial charge in [-0.25, -0.2) is 0 Å². The summed E-state index contributed by atoms with van der Waals surface area (Å²) in [6, 6.07) is 0. The molecule has 1 spiro atoms. The van der Waals surface area contributed by atoms with E-state index in [0.717, 1.165) is 11.3 Å². The SMILES string of the molecule is C/C=C1/CN2CCC3(CC3)[C@@]2(CC(C)C)C1. The quantitative estimate of drug-likeness (QED) is 0.641. The monoisotopic (exact) mass is 219 g/mol. The molecule has 0 unspecified atom stereocenters. The summed E-state index contributed by atoms with van der Waals surface area (Å²) >= 11 is 0. The molecule has 0 bridgehead atoms. The van der Waals surface area contributed by atoms with Gasteiger partial charge in [0, 0.05) is 12.1 Å². The van der Waals surface area contributed by atoms with Crippen LogP contribution in [0.5, 0.6) is 0 Å². The lowest BCUT2D eigenvalue weighted by atomic mass is 9.74. The van der Waals surface area contributed by atoms with Crippen molar-refractivity contribution in [3.05, 3.63) is 11.6 Å². The van der Waals surface area contributed by atoms with Crippen molar-refractivity contribution in [2.75, 3.05) is 13.1 Å². The molecule has 0 aromatic rings. The van der Waals surface area contributed by atoms with Gasteiger partial charge in [0.05, 0.1) is 0 Å². The molecule has 3 fully saturated rings. The highest BCUT2D eigenvalue weighted by molar-refractivity contribution is 5.29. The van der Waals surface area contributed by atoms with Crippen molar-refractivity contribution in [3.63, 3.8) is 0 Å². The van der Waals surface area contributed by atoms with Gasteiger partial charge in [-0.15, -0.1) is 0 Å². The minimum Gasteiger partial charge on any atom is -0.293 e. The molecule has 2 saturated heterocycles. The lowest BCUT2D eigenvalue weighted by molar-refractivity contribution is 0.108. The van der Waals surface area contributed by atoms with E-state index in [0.29, 0.717) is 5.54 Å². The minimum atomic E-state index is 0.572. The smallest absolute Gasteiger partial charge is 0.0309 e. The van der Waals surface area contributed by atoms with E-state index in [-0.39, 0.29) is 0 Å². The van der Waals surface area contributed by atoms with Crippen LogP contribution >= 0.6 is 0 Å². The molecule has 1 aliphatic carbocycles. The third-order valence-electron chi connectivity index (χ3n) is 5.37. The van der Waals surface area contributed by atoms with E-state index in [9.17, 15) is 0 Å². The van der Waals surface area contributed by atoms with Crippen molar-refractivity contribution in [1.29, 1.82) is 0 Å². The van der Waals surface area contributed by atoms with Gasteiger partial charge in [-0.05, 0) is 56.9 Å². The molecule has 16 heavy (non-hydrogen) atoms. The standard InChI is InChI=1S/C15H25N/c1-4-13-10-15(9-12(2)3)14(5-6-14)7-8-16(15)11-13/h4,12H,5-11H2,1-3H3/b13-4+/t15-/m1/s1. The van der Waals surface area contributed by atoms with E-state index in [2.05, 4.69) is 31.7 Å². The van der Waals surface area contributed by atoms with Crippen molar-refractivity contribution in [1.82, 2.24) is 4.90 Å². The Morgan fingerprint density at radius 3 is 2.62 bits per heavy atom. The Morgan fingerprint density at radius 2 is 2.06 bits per heavy atom. The summed E-state index contributed by atoms with van der Waals surface area (Å²) in [4.78, 5) is 2.83. The van der Waals surface area contributed by atoms with Gasteiger partial charge in [0.15, 0.2) is 0 Å². The first kappa shape index (κ1) is 10.8. The van der Waals surface area contributed by atoms with Crippen molar-refractivity contribution in [3.8, 4) is 0 Å². The number of allylic oxidation sites excluding steroid dienone is 1. The predicted molar refractivity (Wildman–Crippen MR) is 68.4 cm³/mol. The molecule has 0 aromatic carbocycles. The van der Waals surface area contributed by atoms with E-state index < -0.39 is 0 Å². The van der Waals surface area contributed by atoms with Gasteiger partial charge >= 0.3 is 0 Å². The summed E-state index contributed by atoms with van der Waals surface area (Å²) in [6.45, 7) is 9.65. The topological polar surface area (TPSA) is 3.24 Å². The number of hydrogen-bond acceptors (Lipinski definition) is 1. The zero-order valence-corrected chi connectivity index (χ0v) is 11.1. The molecule has 0 N–H and O–H groups in total. The second-order valence-corrected chi connectivity index (χ2v) is 6.71. The van der Waals surface area contributed by atoms with Crippen LogP contribution < -0.4 is 0 Å².